The molecule has 1 fully saturated rings. The summed E-state index contributed by atoms with van der Waals surface area (Å²) in [5, 5.41) is 21.7. The van der Waals surface area contributed by atoms with Gasteiger partial charge in [0.15, 0.2) is 0 Å². The van der Waals surface area contributed by atoms with Crippen molar-refractivity contribution in [1.82, 2.24) is 4.98 Å². The maximum Gasteiger partial charge on any atom is 0.147 e. The molecule has 2 unspecified atom stereocenters. The molecule has 0 aliphatic carbocycles. The minimum absolute atomic E-state index is 0.0150. The molecule has 0 saturated carbocycles. The number of ether oxygens (including phenoxy) is 1. The van der Waals surface area contributed by atoms with Crippen molar-refractivity contribution in [3.63, 3.8) is 0 Å². The Balaban J connectivity index is 1.80. The number of thiophene rings is 1. The molecular formula is C16H16ClN3O2S. The van der Waals surface area contributed by atoms with Gasteiger partial charge in [-0.3, -0.25) is 0 Å². The molecule has 3 heterocycles. The van der Waals surface area contributed by atoms with Gasteiger partial charge in [0.05, 0.1) is 35.9 Å². The number of hydrogen-bond acceptors (Lipinski definition) is 6. The highest BCUT2D eigenvalue weighted by molar-refractivity contribution is 7.10. The Morgan fingerprint density at radius 1 is 1.61 bits per heavy atom. The maximum absolute atomic E-state index is 10.4. The number of rotatable bonds is 4. The summed E-state index contributed by atoms with van der Waals surface area (Å²) in [6.45, 7) is 1.75. The highest BCUT2D eigenvalue weighted by atomic mass is 35.5. The van der Waals surface area contributed by atoms with E-state index < -0.39 is 6.10 Å². The Kier molecular flexibility index (Phi) is 5.13. The van der Waals surface area contributed by atoms with E-state index >= 15 is 0 Å². The minimum Gasteiger partial charge on any atom is -0.387 e. The van der Waals surface area contributed by atoms with Gasteiger partial charge in [0, 0.05) is 24.0 Å². The van der Waals surface area contributed by atoms with Crippen LogP contribution >= 0.6 is 22.9 Å². The van der Waals surface area contributed by atoms with Gasteiger partial charge in [-0.1, -0.05) is 17.7 Å². The van der Waals surface area contributed by atoms with Crippen LogP contribution in [0.1, 0.15) is 23.0 Å². The van der Waals surface area contributed by atoms with E-state index in [0.29, 0.717) is 42.6 Å². The monoisotopic (exact) mass is 349 g/mol. The number of halogens is 1. The van der Waals surface area contributed by atoms with Crippen LogP contribution in [-0.4, -0.2) is 35.9 Å². The molecule has 0 aromatic carbocycles. The van der Waals surface area contributed by atoms with Gasteiger partial charge in [-0.15, -0.1) is 11.3 Å². The number of morpholine rings is 1. The first-order chi connectivity index (χ1) is 11.2. The second-order valence-electron chi connectivity index (χ2n) is 5.33. The number of anilines is 1. The fourth-order valence-electron chi connectivity index (χ4n) is 2.69. The van der Waals surface area contributed by atoms with Crippen LogP contribution in [0, 0.1) is 11.3 Å². The third kappa shape index (κ3) is 3.65. The van der Waals surface area contributed by atoms with E-state index in [4.69, 9.17) is 21.6 Å². The average molecular weight is 350 g/mol. The zero-order valence-electron chi connectivity index (χ0n) is 12.4. The van der Waals surface area contributed by atoms with Crippen LogP contribution in [0.5, 0.6) is 0 Å². The molecule has 3 rings (SSSR count). The van der Waals surface area contributed by atoms with Crippen LogP contribution in [-0.2, 0) is 4.74 Å². The first-order valence-electron chi connectivity index (χ1n) is 7.30. The largest absolute Gasteiger partial charge is 0.387 e. The van der Waals surface area contributed by atoms with Gasteiger partial charge in [-0.25, -0.2) is 4.98 Å². The lowest BCUT2D eigenvalue weighted by molar-refractivity contribution is 0.0684. The van der Waals surface area contributed by atoms with Crippen molar-refractivity contribution in [2.75, 3.05) is 24.7 Å². The van der Waals surface area contributed by atoms with Crippen LogP contribution in [0.25, 0.3) is 0 Å². The zero-order valence-corrected chi connectivity index (χ0v) is 13.9. The lowest BCUT2D eigenvalue weighted by Crippen LogP contribution is -2.46. The van der Waals surface area contributed by atoms with E-state index in [0.717, 1.165) is 4.88 Å². The summed E-state index contributed by atoms with van der Waals surface area (Å²) in [7, 11) is 0. The second-order valence-corrected chi connectivity index (χ2v) is 6.72. The Hall–Kier alpha value is -1.65. The maximum atomic E-state index is 10.4. The van der Waals surface area contributed by atoms with Gasteiger partial charge in [-0.2, -0.15) is 5.26 Å². The Morgan fingerprint density at radius 2 is 2.48 bits per heavy atom. The summed E-state index contributed by atoms with van der Waals surface area (Å²) in [5.74, 6) is 0.636. The normalized spacial score (nSPS) is 19.3. The van der Waals surface area contributed by atoms with Crippen molar-refractivity contribution < 1.29 is 9.84 Å². The molecule has 0 amide bonds. The summed E-state index contributed by atoms with van der Waals surface area (Å²) >= 11 is 7.82. The quantitative estimate of drug-likeness (QED) is 0.918. The molecule has 2 aromatic rings. The number of nitriles is 1. The molecule has 1 aliphatic rings. The summed E-state index contributed by atoms with van der Waals surface area (Å²) in [4.78, 5) is 7.33. The Morgan fingerprint density at radius 3 is 3.17 bits per heavy atom. The van der Waals surface area contributed by atoms with E-state index in [1.54, 1.807) is 6.07 Å². The first kappa shape index (κ1) is 16.2. The number of aromatic nitrogens is 1. The van der Waals surface area contributed by atoms with E-state index in [2.05, 4.69) is 9.88 Å². The van der Waals surface area contributed by atoms with Crippen molar-refractivity contribution in [1.29, 1.82) is 5.26 Å². The Bertz CT molecular complexity index is 702. The SMILES string of the molecule is N#Cc1cnc(N2CCOCC2CC(O)c2cccs2)c(Cl)c1. The smallest absolute Gasteiger partial charge is 0.147 e. The van der Waals surface area contributed by atoms with E-state index in [-0.39, 0.29) is 6.04 Å². The van der Waals surface area contributed by atoms with E-state index in [1.807, 2.05) is 23.6 Å². The molecule has 5 nitrogen and oxygen atoms in total. The van der Waals surface area contributed by atoms with E-state index in [1.165, 1.54) is 17.5 Å². The molecule has 0 spiro atoms. The van der Waals surface area contributed by atoms with Crippen LogP contribution in [0.15, 0.2) is 29.8 Å². The molecule has 7 heteroatoms. The van der Waals surface area contributed by atoms with Crippen LogP contribution in [0.3, 0.4) is 0 Å². The van der Waals surface area contributed by atoms with Gasteiger partial charge in [-0.05, 0) is 17.5 Å². The summed E-state index contributed by atoms with van der Waals surface area (Å²) in [5.41, 5.74) is 0.433. The second kappa shape index (κ2) is 7.28. The van der Waals surface area contributed by atoms with Crippen LogP contribution < -0.4 is 4.90 Å². The predicted octanol–water partition coefficient (Wildman–Crippen LogP) is 3.00. The molecule has 1 aliphatic heterocycles. The molecule has 0 bridgehead atoms. The van der Waals surface area contributed by atoms with Crippen molar-refractivity contribution >= 4 is 28.8 Å². The fraction of sp³-hybridized carbons (Fsp3) is 0.375. The average Bonchev–Trinajstić information content (AvgIpc) is 3.10. The predicted molar refractivity (Wildman–Crippen MR) is 89.8 cm³/mol. The molecule has 120 valence electrons. The lowest BCUT2D eigenvalue weighted by atomic mass is 10.1. The fourth-order valence-corrected chi connectivity index (χ4v) is 3.69. The number of nitrogens with zero attached hydrogens (tertiary/aromatic N) is 3. The third-order valence-corrected chi connectivity index (χ3v) is 5.07. The zero-order chi connectivity index (χ0) is 16.2. The van der Waals surface area contributed by atoms with Crippen molar-refractivity contribution in [3.8, 4) is 6.07 Å². The summed E-state index contributed by atoms with van der Waals surface area (Å²) < 4.78 is 5.56. The van der Waals surface area contributed by atoms with Gasteiger partial charge >= 0.3 is 0 Å². The lowest BCUT2D eigenvalue weighted by Gasteiger charge is -2.37. The minimum atomic E-state index is -0.540. The molecule has 23 heavy (non-hydrogen) atoms. The number of aliphatic hydroxyl groups is 1. The Labute approximate surface area is 143 Å². The van der Waals surface area contributed by atoms with Crippen molar-refractivity contribution in [2.24, 2.45) is 0 Å². The molecule has 0 radical (unpaired) electrons. The van der Waals surface area contributed by atoms with Gasteiger partial charge in [0.25, 0.3) is 0 Å². The van der Waals surface area contributed by atoms with Crippen molar-refractivity contribution in [2.45, 2.75) is 18.6 Å². The molecule has 2 aromatic heterocycles. The van der Waals surface area contributed by atoms with Gasteiger partial charge in [0.1, 0.15) is 11.9 Å². The topological polar surface area (TPSA) is 69.4 Å². The van der Waals surface area contributed by atoms with Crippen molar-refractivity contribution in [3.05, 3.63) is 45.2 Å². The highest BCUT2D eigenvalue weighted by Gasteiger charge is 2.28. The van der Waals surface area contributed by atoms with Crippen LogP contribution in [0.2, 0.25) is 5.02 Å². The van der Waals surface area contributed by atoms with Gasteiger partial charge < -0.3 is 14.7 Å². The highest BCUT2D eigenvalue weighted by Crippen LogP contribution is 2.31. The molecule has 1 N–H and O–H groups in total. The van der Waals surface area contributed by atoms with Crippen LogP contribution in [0.4, 0.5) is 5.82 Å². The van der Waals surface area contributed by atoms with E-state index in [9.17, 15) is 5.11 Å². The first-order valence-corrected chi connectivity index (χ1v) is 8.56. The number of aliphatic hydroxyl groups excluding tert-OH is 1. The molecule has 2 atom stereocenters. The number of pyridine rings is 1. The molecular weight excluding hydrogens is 334 g/mol. The standard InChI is InChI=1S/C16H16ClN3O2S/c17-13-6-11(8-18)9-19-16(13)20-3-4-22-10-12(20)7-14(21)15-2-1-5-23-15/h1-2,5-6,9,12,14,21H,3-4,7,10H2. The third-order valence-electron chi connectivity index (χ3n) is 3.82. The number of hydrogen-bond donors (Lipinski definition) is 1. The summed E-state index contributed by atoms with van der Waals surface area (Å²) in [6, 6.07) is 7.49. The molecule has 1 saturated heterocycles. The van der Waals surface area contributed by atoms with Gasteiger partial charge in [0.2, 0.25) is 0 Å². The summed E-state index contributed by atoms with van der Waals surface area (Å²) in [6.07, 6.45) is 1.52.